The quantitative estimate of drug-likeness (QED) is 0.115. The van der Waals surface area contributed by atoms with E-state index >= 15 is 0 Å². The summed E-state index contributed by atoms with van der Waals surface area (Å²) in [5, 5.41) is 4.90. The molecule has 2 aliphatic rings. The molecule has 41 heavy (non-hydrogen) atoms. The van der Waals surface area contributed by atoms with Gasteiger partial charge in [-0.05, 0) is 72.2 Å². The molecular weight excluding hydrogens is 502 g/mol. The van der Waals surface area contributed by atoms with Crippen molar-refractivity contribution in [3.63, 3.8) is 0 Å². The SMILES string of the molecule is CCCCCCCCCCCCCCc1c(CCCCCCCCCC)c2c3c(ccc4c3c1CC4)C(=O)NC2=O. The first kappa shape index (κ1) is 31.8. The van der Waals surface area contributed by atoms with Gasteiger partial charge in [-0.1, -0.05) is 135 Å². The van der Waals surface area contributed by atoms with Crippen LogP contribution in [0.2, 0.25) is 0 Å². The highest BCUT2D eigenvalue weighted by Gasteiger charge is 2.33. The van der Waals surface area contributed by atoms with Crippen molar-refractivity contribution in [2.45, 2.75) is 168 Å². The summed E-state index contributed by atoms with van der Waals surface area (Å²) in [6.07, 6.45) is 30.8. The van der Waals surface area contributed by atoms with Gasteiger partial charge in [0, 0.05) is 10.9 Å². The van der Waals surface area contributed by atoms with E-state index in [9.17, 15) is 9.59 Å². The topological polar surface area (TPSA) is 46.2 Å². The van der Waals surface area contributed by atoms with Gasteiger partial charge >= 0.3 is 0 Å². The first-order valence-electron chi connectivity index (χ1n) is 17.6. The Hall–Kier alpha value is -2.16. The number of carbonyl (C=O) groups is 2. The van der Waals surface area contributed by atoms with Crippen LogP contribution in [-0.4, -0.2) is 11.8 Å². The summed E-state index contributed by atoms with van der Waals surface area (Å²) in [5.74, 6) is -0.387. The van der Waals surface area contributed by atoms with Crippen LogP contribution < -0.4 is 5.32 Å². The smallest absolute Gasteiger partial charge is 0.259 e. The Bertz CT molecular complexity index is 1150. The van der Waals surface area contributed by atoms with Crippen LogP contribution in [0, 0.1) is 0 Å². The molecule has 0 saturated carbocycles. The molecule has 2 aromatic carbocycles. The van der Waals surface area contributed by atoms with Gasteiger partial charge in [0.1, 0.15) is 0 Å². The minimum Gasteiger partial charge on any atom is -0.288 e. The molecule has 3 nitrogen and oxygen atoms in total. The second-order valence-electron chi connectivity index (χ2n) is 13.0. The van der Waals surface area contributed by atoms with Crippen molar-refractivity contribution >= 4 is 22.6 Å². The maximum Gasteiger partial charge on any atom is 0.259 e. The Labute approximate surface area is 250 Å². The normalized spacial score (nSPS) is 13.9. The standard InChI is InChI=1S/C38H57NO2/c1-3-5-7-9-11-13-14-15-16-18-19-21-23-30-31(24-22-20-17-12-10-8-6-4-2)36-35-33(37(40)39-38(36)41)28-26-29-25-27-32(30)34(29)35/h26,28H,3-25,27H2,1-2H3,(H,39,40,41). The summed E-state index contributed by atoms with van der Waals surface area (Å²) in [5.41, 5.74) is 7.06. The average molecular weight is 560 g/mol. The van der Waals surface area contributed by atoms with Gasteiger partial charge in [-0.25, -0.2) is 0 Å². The number of hydrogen-bond donors (Lipinski definition) is 1. The van der Waals surface area contributed by atoms with E-state index in [2.05, 4.69) is 25.2 Å². The summed E-state index contributed by atoms with van der Waals surface area (Å²) in [4.78, 5) is 26.2. The molecule has 4 rings (SSSR count). The van der Waals surface area contributed by atoms with E-state index < -0.39 is 0 Å². The number of nitrogens with one attached hydrogen (secondary N) is 1. The van der Waals surface area contributed by atoms with Crippen molar-refractivity contribution < 1.29 is 9.59 Å². The molecule has 0 saturated heterocycles. The van der Waals surface area contributed by atoms with Crippen molar-refractivity contribution in [3.8, 4) is 0 Å². The monoisotopic (exact) mass is 559 g/mol. The number of benzene rings is 2. The van der Waals surface area contributed by atoms with Crippen LogP contribution in [0.4, 0.5) is 0 Å². The number of rotatable bonds is 22. The van der Waals surface area contributed by atoms with Gasteiger partial charge < -0.3 is 0 Å². The minimum absolute atomic E-state index is 0.163. The molecule has 1 N–H and O–H groups in total. The first-order valence-corrected chi connectivity index (χ1v) is 17.6. The summed E-state index contributed by atoms with van der Waals surface area (Å²) >= 11 is 0. The zero-order valence-electron chi connectivity index (χ0n) is 26.4. The third kappa shape index (κ3) is 8.45. The molecule has 0 fully saturated rings. The Morgan fingerprint density at radius 1 is 0.537 bits per heavy atom. The first-order chi connectivity index (χ1) is 20.2. The zero-order valence-corrected chi connectivity index (χ0v) is 26.4. The largest absolute Gasteiger partial charge is 0.288 e. The van der Waals surface area contributed by atoms with E-state index in [1.807, 2.05) is 6.07 Å². The van der Waals surface area contributed by atoms with Crippen molar-refractivity contribution in [2.75, 3.05) is 0 Å². The minimum atomic E-state index is -0.223. The molecule has 2 aromatic rings. The van der Waals surface area contributed by atoms with Crippen molar-refractivity contribution in [1.82, 2.24) is 5.32 Å². The molecule has 2 amide bonds. The van der Waals surface area contributed by atoms with Gasteiger partial charge in [0.25, 0.3) is 11.8 Å². The fourth-order valence-corrected chi connectivity index (χ4v) is 7.46. The van der Waals surface area contributed by atoms with Gasteiger partial charge in [-0.15, -0.1) is 0 Å². The summed E-state index contributed by atoms with van der Waals surface area (Å²) in [6, 6.07) is 4.10. The Morgan fingerprint density at radius 2 is 1.02 bits per heavy atom. The van der Waals surface area contributed by atoms with Crippen LogP contribution >= 0.6 is 0 Å². The number of aryl methyl sites for hydroxylation is 2. The van der Waals surface area contributed by atoms with Crippen LogP contribution in [0.3, 0.4) is 0 Å². The van der Waals surface area contributed by atoms with E-state index in [4.69, 9.17) is 0 Å². The molecule has 0 aromatic heterocycles. The fourth-order valence-electron chi connectivity index (χ4n) is 7.46. The average Bonchev–Trinajstić information content (AvgIpc) is 3.41. The molecule has 1 aliphatic heterocycles. The van der Waals surface area contributed by atoms with Gasteiger partial charge in [-0.2, -0.15) is 0 Å². The summed E-state index contributed by atoms with van der Waals surface area (Å²) in [7, 11) is 0. The lowest BCUT2D eigenvalue weighted by Gasteiger charge is -2.25. The van der Waals surface area contributed by atoms with Gasteiger partial charge in [0.05, 0.1) is 5.56 Å². The Morgan fingerprint density at radius 3 is 1.56 bits per heavy atom. The maximum atomic E-state index is 13.4. The van der Waals surface area contributed by atoms with E-state index in [-0.39, 0.29) is 11.8 Å². The second kappa shape index (κ2) is 17.1. The second-order valence-corrected chi connectivity index (χ2v) is 13.0. The molecule has 3 heteroatoms. The van der Waals surface area contributed by atoms with E-state index in [1.54, 1.807) is 0 Å². The Balaban J connectivity index is 1.39. The predicted molar refractivity (Wildman–Crippen MR) is 174 cm³/mol. The van der Waals surface area contributed by atoms with Crippen LogP contribution in [0.5, 0.6) is 0 Å². The third-order valence-corrected chi connectivity index (χ3v) is 9.78. The molecule has 0 bridgehead atoms. The van der Waals surface area contributed by atoms with Crippen LogP contribution in [0.25, 0.3) is 10.8 Å². The molecule has 226 valence electrons. The van der Waals surface area contributed by atoms with Gasteiger partial charge in [0.2, 0.25) is 0 Å². The highest BCUT2D eigenvalue weighted by molar-refractivity contribution is 6.27. The van der Waals surface area contributed by atoms with E-state index in [0.29, 0.717) is 5.56 Å². The number of carbonyl (C=O) groups excluding carboxylic acids is 2. The number of hydrogen-bond acceptors (Lipinski definition) is 2. The molecule has 0 unspecified atom stereocenters. The summed E-state index contributed by atoms with van der Waals surface area (Å²) in [6.45, 7) is 4.56. The molecule has 0 atom stereocenters. The zero-order chi connectivity index (χ0) is 28.9. The molecule has 1 aliphatic carbocycles. The van der Waals surface area contributed by atoms with Crippen molar-refractivity contribution in [2.24, 2.45) is 0 Å². The molecule has 0 spiro atoms. The van der Waals surface area contributed by atoms with Crippen LogP contribution in [0.1, 0.15) is 185 Å². The maximum absolute atomic E-state index is 13.4. The number of amides is 2. The molecule has 1 heterocycles. The van der Waals surface area contributed by atoms with Gasteiger partial charge in [0.15, 0.2) is 0 Å². The number of imide groups is 1. The predicted octanol–water partition coefficient (Wildman–Crippen LogP) is 10.7. The lowest BCUT2D eigenvalue weighted by molar-refractivity contribution is 0.0844. The van der Waals surface area contributed by atoms with Crippen molar-refractivity contribution in [1.29, 1.82) is 0 Å². The molecular formula is C38H57NO2. The van der Waals surface area contributed by atoms with Crippen LogP contribution in [-0.2, 0) is 25.7 Å². The number of unbranched alkanes of at least 4 members (excludes halogenated alkanes) is 18. The van der Waals surface area contributed by atoms with E-state index in [1.165, 1.54) is 150 Å². The third-order valence-electron chi connectivity index (χ3n) is 9.78. The highest BCUT2D eigenvalue weighted by Crippen LogP contribution is 2.42. The summed E-state index contributed by atoms with van der Waals surface area (Å²) < 4.78 is 0. The fraction of sp³-hybridized carbons (Fsp3) is 0.684. The highest BCUT2D eigenvalue weighted by atomic mass is 16.2. The Kier molecular flexibility index (Phi) is 13.2. The van der Waals surface area contributed by atoms with Crippen LogP contribution in [0.15, 0.2) is 12.1 Å². The van der Waals surface area contributed by atoms with E-state index in [0.717, 1.165) is 43.1 Å². The lowest BCUT2D eigenvalue weighted by Crippen LogP contribution is -2.36. The lowest BCUT2D eigenvalue weighted by atomic mass is 9.82. The van der Waals surface area contributed by atoms with Gasteiger partial charge in [-0.3, -0.25) is 14.9 Å². The van der Waals surface area contributed by atoms with Crippen molar-refractivity contribution in [3.05, 3.63) is 45.5 Å². The molecule has 0 radical (unpaired) electrons.